The second-order valence-electron chi connectivity index (χ2n) is 7.62. The van der Waals surface area contributed by atoms with Gasteiger partial charge in [0.05, 0.1) is 13.2 Å². The van der Waals surface area contributed by atoms with Crippen LogP contribution >= 0.6 is 0 Å². The molecule has 1 aliphatic carbocycles. The predicted octanol–water partition coefficient (Wildman–Crippen LogP) is 0.828. The van der Waals surface area contributed by atoms with Crippen molar-refractivity contribution in [1.82, 2.24) is 0 Å². The summed E-state index contributed by atoms with van der Waals surface area (Å²) in [6.45, 7) is 3.77. The topological polar surface area (TPSA) is 77.3 Å². The first-order valence-electron chi connectivity index (χ1n) is 10.0. The zero-order chi connectivity index (χ0) is 19.3. The van der Waals surface area contributed by atoms with Crippen molar-refractivity contribution < 1.29 is 29.1 Å². The summed E-state index contributed by atoms with van der Waals surface area (Å²) in [4.78, 5) is 25.8. The van der Waals surface area contributed by atoms with Crippen LogP contribution < -0.4 is 4.90 Å². The molecule has 3 rings (SSSR count). The van der Waals surface area contributed by atoms with E-state index in [1.807, 2.05) is 18.2 Å². The molecule has 1 saturated heterocycles. The van der Waals surface area contributed by atoms with Gasteiger partial charge >= 0.3 is 11.9 Å². The molecule has 3 unspecified atom stereocenters. The molecule has 148 valence electrons. The number of rotatable bonds is 7. The van der Waals surface area contributed by atoms with E-state index in [9.17, 15) is 14.7 Å². The van der Waals surface area contributed by atoms with Crippen LogP contribution in [0.1, 0.15) is 44.6 Å². The number of carbonyl (C=O) groups is 2. The van der Waals surface area contributed by atoms with Crippen LogP contribution in [0.4, 0.5) is 0 Å². The average molecular weight is 376 g/mol. The van der Waals surface area contributed by atoms with Crippen molar-refractivity contribution >= 4 is 11.9 Å². The molecule has 2 fully saturated rings. The molecule has 6 nitrogen and oxygen atoms in total. The third kappa shape index (κ3) is 4.50. The summed E-state index contributed by atoms with van der Waals surface area (Å²) in [6.07, 6.45) is 4.10. The zero-order valence-electron chi connectivity index (χ0n) is 16.0. The van der Waals surface area contributed by atoms with Crippen LogP contribution in [0.25, 0.3) is 0 Å². The molecule has 1 heterocycles. The summed E-state index contributed by atoms with van der Waals surface area (Å²) in [5.41, 5.74) is -0.989. The Bertz CT molecular complexity index is 643. The Morgan fingerprint density at radius 2 is 1.89 bits per heavy atom. The summed E-state index contributed by atoms with van der Waals surface area (Å²) in [5.74, 6) is -0.897. The Balaban J connectivity index is 1.66. The molecule has 0 bridgehead atoms. The molecule has 0 aromatic heterocycles. The quantitative estimate of drug-likeness (QED) is 0.690. The number of likely N-dealkylation sites (tertiary alicyclic amines) is 1. The van der Waals surface area contributed by atoms with Crippen molar-refractivity contribution in [3.63, 3.8) is 0 Å². The van der Waals surface area contributed by atoms with Gasteiger partial charge in [0.15, 0.2) is 18.2 Å². The van der Waals surface area contributed by atoms with Gasteiger partial charge in [0.25, 0.3) is 0 Å². The standard InChI is InChI=1S/C21H29NO5/c1-2-26-19(23)15-22-13-12-18(14-22)27-20(24)21(25,17-10-6-7-11-17)16-8-4-3-5-9-16/h3-5,8-9,17-18,25H,2,6-7,10-15H2,1H3/p+1. The van der Waals surface area contributed by atoms with Crippen molar-refractivity contribution in [2.45, 2.75) is 50.7 Å². The van der Waals surface area contributed by atoms with Gasteiger partial charge in [0.1, 0.15) is 6.54 Å². The summed E-state index contributed by atoms with van der Waals surface area (Å²) in [5, 5.41) is 11.4. The third-order valence-electron chi connectivity index (χ3n) is 5.78. The lowest BCUT2D eigenvalue weighted by Crippen LogP contribution is -3.11. The molecule has 1 aliphatic heterocycles. The number of hydrogen-bond acceptors (Lipinski definition) is 5. The summed E-state index contributed by atoms with van der Waals surface area (Å²) in [6, 6.07) is 9.14. The maximum absolute atomic E-state index is 13.1. The maximum Gasteiger partial charge on any atom is 0.361 e. The van der Waals surface area contributed by atoms with Gasteiger partial charge in [-0.1, -0.05) is 43.2 Å². The highest BCUT2D eigenvalue weighted by molar-refractivity contribution is 5.81. The van der Waals surface area contributed by atoms with Gasteiger partial charge in [-0.05, 0) is 25.3 Å². The summed E-state index contributed by atoms with van der Waals surface area (Å²) < 4.78 is 10.7. The molecule has 1 aromatic rings. The molecule has 0 radical (unpaired) electrons. The molecule has 27 heavy (non-hydrogen) atoms. The number of ether oxygens (including phenoxy) is 2. The predicted molar refractivity (Wildman–Crippen MR) is 99.0 cm³/mol. The Morgan fingerprint density at radius 3 is 2.56 bits per heavy atom. The minimum absolute atomic E-state index is 0.114. The smallest absolute Gasteiger partial charge is 0.361 e. The van der Waals surface area contributed by atoms with Gasteiger partial charge in [-0.3, -0.25) is 0 Å². The second-order valence-corrected chi connectivity index (χ2v) is 7.62. The third-order valence-corrected chi connectivity index (χ3v) is 5.78. The van der Waals surface area contributed by atoms with E-state index >= 15 is 0 Å². The van der Waals surface area contributed by atoms with Gasteiger partial charge < -0.3 is 19.5 Å². The molecule has 6 heteroatoms. The lowest BCUT2D eigenvalue weighted by molar-refractivity contribution is -0.881. The largest absolute Gasteiger partial charge is 0.462 e. The van der Waals surface area contributed by atoms with Crippen molar-refractivity contribution in [2.75, 3.05) is 26.2 Å². The number of hydrogen-bond donors (Lipinski definition) is 2. The van der Waals surface area contributed by atoms with Crippen LogP contribution in [0, 0.1) is 5.92 Å². The molecule has 2 aliphatic rings. The number of aliphatic hydroxyl groups is 1. The Labute approximate surface area is 160 Å². The van der Waals surface area contributed by atoms with E-state index < -0.39 is 11.6 Å². The summed E-state index contributed by atoms with van der Waals surface area (Å²) >= 11 is 0. The fraction of sp³-hybridized carbons (Fsp3) is 0.619. The van der Waals surface area contributed by atoms with E-state index in [0.29, 0.717) is 25.1 Å². The Kier molecular flexibility index (Phi) is 6.50. The van der Waals surface area contributed by atoms with Crippen molar-refractivity contribution in [2.24, 2.45) is 5.92 Å². The molecule has 1 saturated carbocycles. The minimum atomic E-state index is -1.60. The van der Waals surface area contributed by atoms with Crippen molar-refractivity contribution in [3.8, 4) is 0 Å². The van der Waals surface area contributed by atoms with E-state index in [-0.39, 0.29) is 24.5 Å². The van der Waals surface area contributed by atoms with Crippen LogP contribution in [-0.4, -0.2) is 49.4 Å². The first-order chi connectivity index (χ1) is 13.0. The minimum Gasteiger partial charge on any atom is -0.462 e. The highest BCUT2D eigenvalue weighted by Gasteiger charge is 2.49. The molecule has 0 amide bonds. The Morgan fingerprint density at radius 1 is 1.19 bits per heavy atom. The van der Waals surface area contributed by atoms with Crippen LogP contribution in [0.2, 0.25) is 0 Å². The number of quaternary nitrogens is 1. The molecular weight excluding hydrogens is 346 g/mol. The van der Waals surface area contributed by atoms with Gasteiger partial charge in [-0.2, -0.15) is 0 Å². The van der Waals surface area contributed by atoms with Crippen molar-refractivity contribution in [3.05, 3.63) is 35.9 Å². The average Bonchev–Trinajstić information content (AvgIpc) is 3.34. The normalized spacial score (nSPS) is 25.1. The SMILES string of the molecule is CCOC(=O)C[NH+]1CCC(OC(=O)C(O)(c2ccccc2)C2CCCC2)C1. The van der Waals surface area contributed by atoms with Gasteiger partial charge in [-0.15, -0.1) is 0 Å². The van der Waals surface area contributed by atoms with Gasteiger partial charge in [-0.25, -0.2) is 9.59 Å². The molecule has 2 N–H and O–H groups in total. The van der Waals surface area contributed by atoms with Gasteiger partial charge in [0, 0.05) is 12.3 Å². The fourth-order valence-corrected chi connectivity index (χ4v) is 4.37. The molecule has 0 spiro atoms. The highest BCUT2D eigenvalue weighted by Crippen LogP contribution is 2.41. The van der Waals surface area contributed by atoms with E-state index in [1.165, 1.54) is 0 Å². The van der Waals surface area contributed by atoms with E-state index in [2.05, 4.69) is 0 Å². The zero-order valence-corrected chi connectivity index (χ0v) is 16.0. The fourth-order valence-electron chi connectivity index (χ4n) is 4.37. The van der Waals surface area contributed by atoms with Crippen molar-refractivity contribution in [1.29, 1.82) is 0 Å². The number of carbonyl (C=O) groups excluding carboxylic acids is 2. The van der Waals surface area contributed by atoms with Crippen LogP contribution in [-0.2, 0) is 24.7 Å². The second kappa shape index (κ2) is 8.85. The van der Waals surface area contributed by atoms with E-state index in [4.69, 9.17) is 9.47 Å². The Hall–Kier alpha value is -1.92. The van der Waals surface area contributed by atoms with Crippen LogP contribution in [0.5, 0.6) is 0 Å². The maximum atomic E-state index is 13.1. The first kappa shape index (κ1) is 19.8. The van der Waals surface area contributed by atoms with Crippen LogP contribution in [0.15, 0.2) is 30.3 Å². The monoisotopic (exact) mass is 376 g/mol. The van der Waals surface area contributed by atoms with E-state index in [0.717, 1.165) is 37.1 Å². The molecule has 3 atom stereocenters. The molecule has 1 aromatic carbocycles. The first-order valence-corrected chi connectivity index (χ1v) is 10.0. The van der Waals surface area contributed by atoms with Gasteiger partial charge in [0.2, 0.25) is 0 Å². The lowest BCUT2D eigenvalue weighted by Gasteiger charge is -2.33. The number of esters is 2. The highest BCUT2D eigenvalue weighted by atomic mass is 16.6. The summed E-state index contributed by atoms with van der Waals surface area (Å²) in [7, 11) is 0. The van der Waals surface area contributed by atoms with E-state index in [1.54, 1.807) is 19.1 Å². The van der Waals surface area contributed by atoms with Crippen LogP contribution in [0.3, 0.4) is 0 Å². The number of nitrogens with one attached hydrogen (secondary N) is 1. The number of benzene rings is 1. The lowest BCUT2D eigenvalue weighted by atomic mass is 9.80. The molecular formula is C21H30NO5+.